The van der Waals surface area contributed by atoms with E-state index in [0.717, 1.165) is 24.1 Å². The molecule has 0 aliphatic heterocycles. The Balaban J connectivity index is 1.49. The minimum Gasteiger partial charge on any atom is -0.376 e. The van der Waals surface area contributed by atoms with E-state index in [0.29, 0.717) is 23.4 Å². The highest BCUT2D eigenvalue weighted by atomic mass is 16.2. The first-order valence-electron chi connectivity index (χ1n) is 11.3. The minimum absolute atomic E-state index is 0.0495. The third-order valence-corrected chi connectivity index (χ3v) is 5.66. The minimum atomic E-state index is -0.208. The van der Waals surface area contributed by atoms with Crippen LogP contribution in [0.3, 0.4) is 0 Å². The third kappa shape index (κ3) is 6.83. The summed E-state index contributed by atoms with van der Waals surface area (Å²) in [7, 11) is 0. The monoisotopic (exact) mass is 436 g/mol. The number of aryl methyl sites for hydroxylation is 1. The SMILES string of the molecule is CCC(=O)Nc1cc(NC(=O)CNc2ccc(C(=O)NC3CCCCC3)cc2)ccc1C. The molecule has 170 valence electrons. The topological polar surface area (TPSA) is 99.3 Å². The predicted octanol–water partition coefficient (Wildman–Crippen LogP) is 4.46. The molecule has 3 rings (SSSR count). The number of rotatable bonds is 8. The quantitative estimate of drug-likeness (QED) is 0.491. The van der Waals surface area contributed by atoms with Crippen molar-refractivity contribution in [1.29, 1.82) is 0 Å². The van der Waals surface area contributed by atoms with Crippen LogP contribution in [-0.4, -0.2) is 30.3 Å². The molecule has 32 heavy (non-hydrogen) atoms. The summed E-state index contributed by atoms with van der Waals surface area (Å²) in [5.41, 5.74) is 3.60. The van der Waals surface area contributed by atoms with Gasteiger partial charge in [-0.05, 0) is 61.7 Å². The first-order chi connectivity index (χ1) is 15.4. The normalized spacial score (nSPS) is 13.8. The molecule has 3 amide bonds. The second kappa shape index (κ2) is 11.3. The zero-order valence-electron chi connectivity index (χ0n) is 18.8. The molecule has 7 heteroatoms. The zero-order chi connectivity index (χ0) is 22.9. The summed E-state index contributed by atoms with van der Waals surface area (Å²) in [6, 6.07) is 12.8. The molecule has 7 nitrogen and oxygen atoms in total. The van der Waals surface area contributed by atoms with Crippen molar-refractivity contribution >= 4 is 34.8 Å². The number of hydrogen-bond donors (Lipinski definition) is 4. The van der Waals surface area contributed by atoms with Crippen LogP contribution in [0.5, 0.6) is 0 Å². The number of carbonyl (C=O) groups is 3. The highest BCUT2D eigenvalue weighted by Crippen LogP contribution is 2.21. The molecule has 0 radical (unpaired) electrons. The Labute approximate surface area is 189 Å². The van der Waals surface area contributed by atoms with Crippen molar-refractivity contribution in [3.63, 3.8) is 0 Å². The van der Waals surface area contributed by atoms with Crippen molar-refractivity contribution in [3.8, 4) is 0 Å². The zero-order valence-corrected chi connectivity index (χ0v) is 18.8. The summed E-state index contributed by atoms with van der Waals surface area (Å²) in [6.45, 7) is 3.77. The average Bonchev–Trinajstić information content (AvgIpc) is 2.80. The summed E-state index contributed by atoms with van der Waals surface area (Å²) in [5.74, 6) is -0.332. The number of nitrogens with one attached hydrogen (secondary N) is 4. The van der Waals surface area contributed by atoms with E-state index in [-0.39, 0.29) is 30.3 Å². The highest BCUT2D eigenvalue weighted by molar-refractivity contribution is 5.97. The van der Waals surface area contributed by atoms with Crippen molar-refractivity contribution in [3.05, 3.63) is 53.6 Å². The lowest BCUT2D eigenvalue weighted by Crippen LogP contribution is -2.36. The van der Waals surface area contributed by atoms with Crippen LogP contribution >= 0.6 is 0 Å². The summed E-state index contributed by atoms with van der Waals surface area (Å²) >= 11 is 0. The molecule has 0 heterocycles. The lowest BCUT2D eigenvalue weighted by Gasteiger charge is -2.22. The van der Waals surface area contributed by atoms with Gasteiger partial charge in [-0.1, -0.05) is 32.3 Å². The van der Waals surface area contributed by atoms with Crippen molar-refractivity contribution in [2.75, 3.05) is 22.5 Å². The Kier molecular flexibility index (Phi) is 8.25. The van der Waals surface area contributed by atoms with Gasteiger partial charge in [0, 0.05) is 35.1 Å². The fourth-order valence-electron chi connectivity index (χ4n) is 3.72. The van der Waals surface area contributed by atoms with Crippen LogP contribution in [0.25, 0.3) is 0 Å². The van der Waals surface area contributed by atoms with E-state index in [9.17, 15) is 14.4 Å². The second-order valence-corrected chi connectivity index (χ2v) is 8.22. The Morgan fingerprint density at radius 3 is 2.25 bits per heavy atom. The van der Waals surface area contributed by atoms with Gasteiger partial charge < -0.3 is 21.3 Å². The summed E-state index contributed by atoms with van der Waals surface area (Å²) in [5, 5.41) is 11.8. The molecule has 0 spiro atoms. The van der Waals surface area contributed by atoms with E-state index in [1.807, 2.05) is 13.0 Å². The lowest BCUT2D eigenvalue weighted by atomic mass is 9.95. The van der Waals surface area contributed by atoms with Crippen LogP contribution < -0.4 is 21.3 Å². The third-order valence-electron chi connectivity index (χ3n) is 5.66. The first-order valence-corrected chi connectivity index (χ1v) is 11.3. The molecular weight excluding hydrogens is 404 g/mol. The van der Waals surface area contributed by atoms with Gasteiger partial charge in [-0.15, -0.1) is 0 Å². The molecule has 2 aromatic carbocycles. The molecule has 0 saturated heterocycles. The molecule has 1 saturated carbocycles. The number of benzene rings is 2. The van der Waals surface area contributed by atoms with Gasteiger partial charge in [-0.3, -0.25) is 14.4 Å². The number of hydrogen-bond acceptors (Lipinski definition) is 4. The van der Waals surface area contributed by atoms with Crippen LogP contribution in [-0.2, 0) is 9.59 Å². The molecule has 0 aromatic heterocycles. The Bertz CT molecular complexity index is 950. The molecule has 1 aliphatic rings. The Hall–Kier alpha value is -3.35. The largest absolute Gasteiger partial charge is 0.376 e. The maximum absolute atomic E-state index is 12.4. The molecule has 1 aliphatic carbocycles. The van der Waals surface area contributed by atoms with Crippen LogP contribution in [0.15, 0.2) is 42.5 Å². The number of carbonyl (C=O) groups excluding carboxylic acids is 3. The van der Waals surface area contributed by atoms with E-state index in [2.05, 4.69) is 21.3 Å². The van der Waals surface area contributed by atoms with E-state index >= 15 is 0 Å². The number of anilines is 3. The molecule has 0 bridgehead atoms. The Morgan fingerprint density at radius 2 is 1.56 bits per heavy atom. The smallest absolute Gasteiger partial charge is 0.251 e. The molecule has 0 atom stereocenters. The van der Waals surface area contributed by atoms with Crippen molar-refractivity contribution in [2.45, 2.75) is 58.4 Å². The van der Waals surface area contributed by atoms with Gasteiger partial charge in [-0.25, -0.2) is 0 Å². The average molecular weight is 437 g/mol. The van der Waals surface area contributed by atoms with Crippen molar-refractivity contribution in [2.24, 2.45) is 0 Å². The second-order valence-electron chi connectivity index (χ2n) is 8.22. The molecule has 1 fully saturated rings. The predicted molar refractivity (Wildman–Crippen MR) is 128 cm³/mol. The van der Waals surface area contributed by atoms with Gasteiger partial charge >= 0.3 is 0 Å². The first kappa shape index (κ1) is 23.3. The van der Waals surface area contributed by atoms with Crippen molar-refractivity contribution < 1.29 is 14.4 Å². The van der Waals surface area contributed by atoms with E-state index in [1.54, 1.807) is 43.3 Å². The fraction of sp³-hybridized carbons (Fsp3) is 0.400. The van der Waals surface area contributed by atoms with E-state index in [4.69, 9.17) is 0 Å². The number of amides is 3. The van der Waals surface area contributed by atoms with Crippen molar-refractivity contribution in [1.82, 2.24) is 5.32 Å². The van der Waals surface area contributed by atoms with E-state index in [1.165, 1.54) is 19.3 Å². The summed E-state index contributed by atoms with van der Waals surface area (Å²) < 4.78 is 0. The Morgan fingerprint density at radius 1 is 0.875 bits per heavy atom. The standard InChI is InChI=1S/C25H32N4O3/c1-3-23(30)29-22-15-21(12-9-17(22)2)27-24(31)16-26-19-13-10-18(11-14-19)25(32)28-20-7-5-4-6-8-20/h9-15,20,26H,3-8,16H2,1-2H3,(H,27,31)(H,28,32)(H,29,30). The summed E-state index contributed by atoms with van der Waals surface area (Å²) in [4.78, 5) is 36.4. The fourth-order valence-corrected chi connectivity index (χ4v) is 3.72. The molecule has 2 aromatic rings. The van der Waals surface area contributed by atoms with Gasteiger partial charge in [0.25, 0.3) is 5.91 Å². The van der Waals surface area contributed by atoms with Crippen LogP contribution in [0.1, 0.15) is 61.4 Å². The molecule has 0 unspecified atom stereocenters. The van der Waals surface area contributed by atoms with Gasteiger partial charge in [0.2, 0.25) is 11.8 Å². The van der Waals surface area contributed by atoms with Gasteiger partial charge in [0.05, 0.1) is 6.54 Å². The molecular formula is C25H32N4O3. The lowest BCUT2D eigenvalue weighted by molar-refractivity contribution is -0.116. The molecule has 4 N–H and O–H groups in total. The van der Waals surface area contributed by atoms with Gasteiger partial charge in [0.15, 0.2) is 0 Å². The van der Waals surface area contributed by atoms with Gasteiger partial charge in [-0.2, -0.15) is 0 Å². The van der Waals surface area contributed by atoms with Crippen LogP contribution in [0.2, 0.25) is 0 Å². The van der Waals surface area contributed by atoms with Crippen LogP contribution in [0, 0.1) is 6.92 Å². The summed E-state index contributed by atoms with van der Waals surface area (Å²) in [6.07, 6.45) is 6.09. The maximum atomic E-state index is 12.4. The highest BCUT2D eigenvalue weighted by Gasteiger charge is 2.16. The van der Waals surface area contributed by atoms with E-state index < -0.39 is 0 Å². The maximum Gasteiger partial charge on any atom is 0.251 e. The van der Waals surface area contributed by atoms with Crippen LogP contribution in [0.4, 0.5) is 17.1 Å². The van der Waals surface area contributed by atoms with Gasteiger partial charge in [0.1, 0.15) is 0 Å².